The maximum atomic E-state index is 2.26. The Morgan fingerprint density at radius 3 is 2.79 bits per heavy atom. The lowest BCUT2D eigenvalue weighted by molar-refractivity contribution is 1.10. The van der Waals surface area contributed by atoms with E-state index in [-0.39, 0.29) is 0 Å². The van der Waals surface area contributed by atoms with Crippen molar-refractivity contribution in [1.29, 1.82) is 0 Å². The van der Waals surface area contributed by atoms with Gasteiger partial charge in [0.2, 0.25) is 0 Å². The number of rotatable bonds is 1. The predicted octanol–water partition coefficient (Wildman–Crippen LogP) is 3.14. The second kappa shape index (κ2) is 3.70. The first kappa shape index (κ1) is 9.07. The Bertz CT molecular complexity index is 388. The van der Waals surface area contributed by atoms with E-state index in [2.05, 4.69) is 54.4 Å². The van der Waals surface area contributed by atoms with E-state index in [9.17, 15) is 0 Å². The first-order chi connectivity index (χ1) is 6.83. The van der Waals surface area contributed by atoms with Crippen LogP contribution >= 0.6 is 0 Å². The number of allylic oxidation sites excluding steroid dienone is 4. The number of benzene rings is 1. The van der Waals surface area contributed by atoms with Gasteiger partial charge in [-0.25, -0.2) is 0 Å². The molecular formula is C13H15N. The Balaban J connectivity index is 2.34. The molecule has 0 saturated carbocycles. The summed E-state index contributed by atoms with van der Waals surface area (Å²) in [5, 5.41) is 0. The third-order valence-corrected chi connectivity index (χ3v) is 2.64. The molecule has 0 saturated heterocycles. The molecule has 0 radical (unpaired) electrons. The van der Waals surface area contributed by atoms with Crippen LogP contribution in [-0.4, -0.2) is 7.05 Å². The van der Waals surface area contributed by atoms with Crippen LogP contribution in [-0.2, 0) is 6.42 Å². The molecular weight excluding hydrogens is 170 g/mol. The van der Waals surface area contributed by atoms with Crippen LogP contribution < -0.4 is 4.90 Å². The summed E-state index contributed by atoms with van der Waals surface area (Å²) in [6, 6.07) is 8.56. The fraction of sp³-hybridized carbons (Fsp3) is 0.231. The van der Waals surface area contributed by atoms with Crippen LogP contribution in [0.2, 0.25) is 0 Å². The number of para-hydroxylation sites is 1. The van der Waals surface area contributed by atoms with E-state index < -0.39 is 0 Å². The minimum absolute atomic E-state index is 1.05. The average Bonchev–Trinajstić information content (AvgIpc) is 2.54. The van der Waals surface area contributed by atoms with Crippen LogP contribution in [0.5, 0.6) is 0 Å². The van der Waals surface area contributed by atoms with Crippen molar-refractivity contribution in [3.05, 3.63) is 53.8 Å². The molecule has 1 aromatic carbocycles. The summed E-state index contributed by atoms with van der Waals surface area (Å²) in [4.78, 5) is 2.26. The van der Waals surface area contributed by atoms with Gasteiger partial charge in [0, 0.05) is 24.9 Å². The molecule has 0 amide bonds. The monoisotopic (exact) mass is 185 g/mol. The van der Waals surface area contributed by atoms with Gasteiger partial charge in [-0.05, 0) is 24.6 Å². The van der Waals surface area contributed by atoms with Crippen LogP contribution in [0.1, 0.15) is 12.5 Å². The minimum Gasteiger partial charge on any atom is -0.348 e. The third kappa shape index (κ3) is 1.46. The van der Waals surface area contributed by atoms with Gasteiger partial charge < -0.3 is 4.90 Å². The topological polar surface area (TPSA) is 3.24 Å². The lowest BCUT2D eigenvalue weighted by Gasteiger charge is -2.13. The van der Waals surface area contributed by atoms with Crippen molar-refractivity contribution in [3.63, 3.8) is 0 Å². The molecule has 0 aliphatic carbocycles. The first-order valence-corrected chi connectivity index (χ1v) is 4.96. The molecule has 0 spiro atoms. The molecule has 2 rings (SSSR count). The molecule has 0 atom stereocenters. The summed E-state index contributed by atoms with van der Waals surface area (Å²) in [5.74, 6) is 0. The highest BCUT2D eigenvalue weighted by molar-refractivity contribution is 5.64. The molecule has 1 aliphatic rings. The van der Waals surface area contributed by atoms with Gasteiger partial charge >= 0.3 is 0 Å². The fourth-order valence-corrected chi connectivity index (χ4v) is 1.83. The third-order valence-electron chi connectivity index (χ3n) is 2.64. The van der Waals surface area contributed by atoms with Crippen LogP contribution in [0.25, 0.3) is 0 Å². The zero-order valence-corrected chi connectivity index (χ0v) is 8.70. The van der Waals surface area contributed by atoms with Crippen molar-refractivity contribution in [2.45, 2.75) is 13.3 Å². The molecule has 1 heteroatoms. The molecule has 0 fully saturated rings. The predicted molar refractivity (Wildman–Crippen MR) is 61.4 cm³/mol. The van der Waals surface area contributed by atoms with Crippen LogP contribution in [0.3, 0.4) is 0 Å². The summed E-state index contributed by atoms with van der Waals surface area (Å²) < 4.78 is 0. The second-order valence-electron chi connectivity index (χ2n) is 3.55. The van der Waals surface area contributed by atoms with E-state index in [4.69, 9.17) is 0 Å². The Morgan fingerprint density at radius 2 is 2.07 bits per heavy atom. The van der Waals surface area contributed by atoms with Crippen molar-refractivity contribution in [3.8, 4) is 0 Å². The van der Waals surface area contributed by atoms with Crippen molar-refractivity contribution in [2.24, 2.45) is 0 Å². The maximum Gasteiger partial charge on any atom is 0.0442 e. The van der Waals surface area contributed by atoms with Crippen LogP contribution in [0.4, 0.5) is 5.69 Å². The fourth-order valence-electron chi connectivity index (χ4n) is 1.83. The molecule has 72 valence electrons. The highest BCUT2D eigenvalue weighted by atomic mass is 15.1. The number of nitrogens with zero attached hydrogens (tertiary/aromatic N) is 1. The lowest BCUT2D eigenvalue weighted by Crippen LogP contribution is -2.10. The first-order valence-electron chi connectivity index (χ1n) is 4.96. The number of hydrogen-bond donors (Lipinski definition) is 0. The van der Waals surface area contributed by atoms with E-state index in [1.54, 1.807) is 0 Å². The van der Waals surface area contributed by atoms with Gasteiger partial charge in [-0.3, -0.25) is 0 Å². The molecule has 14 heavy (non-hydrogen) atoms. The standard InChI is InChI=1S/C13H15N/c1-3-4-8-12-10-11-7-5-6-9-13(11)14(12)2/h3-9H,10H2,1-2H3. The smallest absolute Gasteiger partial charge is 0.0442 e. The van der Waals surface area contributed by atoms with Crippen molar-refractivity contribution >= 4 is 5.69 Å². The highest BCUT2D eigenvalue weighted by Crippen LogP contribution is 2.32. The van der Waals surface area contributed by atoms with Crippen molar-refractivity contribution in [2.75, 3.05) is 11.9 Å². The van der Waals surface area contributed by atoms with E-state index in [1.165, 1.54) is 16.9 Å². The van der Waals surface area contributed by atoms with Gasteiger partial charge in [0.1, 0.15) is 0 Å². The zero-order valence-electron chi connectivity index (χ0n) is 8.70. The Kier molecular flexibility index (Phi) is 2.40. The minimum atomic E-state index is 1.05. The SMILES string of the molecule is CC=CC=C1Cc2ccccc2N1C. The molecule has 1 heterocycles. The number of hydrogen-bond acceptors (Lipinski definition) is 1. The largest absolute Gasteiger partial charge is 0.348 e. The summed E-state index contributed by atoms with van der Waals surface area (Å²) in [6.07, 6.45) is 7.39. The van der Waals surface area contributed by atoms with Crippen LogP contribution in [0.15, 0.2) is 48.2 Å². The Labute approximate surface area is 85.4 Å². The van der Waals surface area contributed by atoms with Gasteiger partial charge in [0.15, 0.2) is 0 Å². The lowest BCUT2D eigenvalue weighted by atomic mass is 10.1. The number of fused-ring (bicyclic) bond motifs is 1. The Hall–Kier alpha value is -1.50. The number of likely N-dealkylation sites (N-methyl/N-ethyl adjacent to an activating group) is 1. The molecule has 1 nitrogen and oxygen atoms in total. The normalized spacial score (nSPS) is 18.1. The quantitative estimate of drug-likeness (QED) is 0.649. The second-order valence-corrected chi connectivity index (χ2v) is 3.55. The van der Waals surface area contributed by atoms with Gasteiger partial charge in [0.05, 0.1) is 0 Å². The van der Waals surface area contributed by atoms with E-state index >= 15 is 0 Å². The summed E-state index contributed by atoms with van der Waals surface area (Å²) in [6.45, 7) is 2.04. The molecule has 0 unspecified atom stereocenters. The molecule has 0 bridgehead atoms. The van der Waals surface area contributed by atoms with E-state index in [0.29, 0.717) is 0 Å². The zero-order chi connectivity index (χ0) is 9.97. The van der Waals surface area contributed by atoms with Crippen molar-refractivity contribution in [1.82, 2.24) is 0 Å². The summed E-state index contributed by atoms with van der Waals surface area (Å²) >= 11 is 0. The molecule has 1 aliphatic heterocycles. The molecule has 0 aromatic heterocycles. The summed E-state index contributed by atoms with van der Waals surface area (Å²) in [7, 11) is 2.13. The van der Waals surface area contributed by atoms with Gasteiger partial charge in [-0.1, -0.05) is 30.4 Å². The van der Waals surface area contributed by atoms with Gasteiger partial charge in [-0.2, -0.15) is 0 Å². The van der Waals surface area contributed by atoms with Gasteiger partial charge in [-0.15, -0.1) is 0 Å². The molecule has 1 aromatic rings. The van der Waals surface area contributed by atoms with Gasteiger partial charge in [0.25, 0.3) is 0 Å². The van der Waals surface area contributed by atoms with E-state index in [0.717, 1.165) is 6.42 Å². The average molecular weight is 185 g/mol. The molecule has 0 N–H and O–H groups in total. The van der Waals surface area contributed by atoms with Crippen molar-refractivity contribution < 1.29 is 0 Å². The van der Waals surface area contributed by atoms with Crippen LogP contribution in [0, 0.1) is 0 Å². The Morgan fingerprint density at radius 1 is 1.29 bits per heavy atom. The summed E-state index contributed by atoms with van der Waals surface area (Å²) in [5.41, 5.74) is 4.12. The van der Waals surface area contributed by atoms with E-state index in [1.807, 2.05) is 6.92 Å². The number of anilines is 1. The maximum absolute atomic E-state index is 2.26. The highest BCUT2D eigenvalue weighted by Gasteiger charge is 2.18.